The Bertz CT molecular complexity index is 736. The summed E-state index contributed by atoms with van der Waals surface area (Å²) in [6.07, 6.45) is 1.15. The molecule has 108 valence electrons. The monoisotopic (exact) mass is 328 g/mol. The molecular formula is C12H6Cl2N2O5. The summed E-state index contributed by atoms with van der Waals surface area (Å²) in [5.41, 5.74) is -0.690. The Morgan fingerprint density at radius 2 is 2.00 bits per heavy atom. The maximum Gasteiger partial charge on any atom is 0.339 e. The van der Waals surface area contributed by atoms with E-state index in [2.05, 4.69) is 4.98 Å². The number of pyridine rings is 1. The van der Waals surface area contributed by atoms with Crippen LogP contribution in [0.5, 0.6) is 11.6 Å². The van der Waals surface area contributed by atoms with E-state index in [1.54, 1.807) is 0 Å². The zero-order valence-electron chi connectivity index (χ0n) is 10.1. The van der Waals surface area contributed by atoms with Gasteiger partial charge in [0, 0.05) is 17.2 Å². The summed E-state index contributed by atoms with van der Waals surface area (Å²) in [6, 6.07) is 4.86. The Balaban J connectivity index is 2.50. The van der Waals surface area contributed by atoms with Gasteiger partial charge in [-0.3, -0.25) is 10.1 Å². The van der Waals surface area contributed by atoms with Crippen molar-refractivity contribution in [3.05, 3.63) is 56.2 Å². The molecule has 1 N–H and O–H groups in total. The van der Waals surface area contributed by atoms with Crippen LogP contribution in [0.15, 0.2) is 30.5 Å². The maximum absolute atomic E-state index is 11.1. The van der Waals surface area contributed by atoms with Crippen molar-refractivity contribution in [3.63, 3.8) is 0 Å². The minimum absolute atomic E-state index is 0.0543. The zero-order chi connectivity index (χ0) is 15.6. The van der Waals surface area contributed by atoms with Gasteiger partial charge in [-0.2, -0.15) is 0 Å². The van der Waals surface area contributed by atoms with Crippen LogP contribution in [-0.4, -0.2) is 21.0 Å². The van der Waals surface area contributed by atoms with Crippen LogP contribution in [0.2, 0.25) is 10.0 Å². The third kappa shape index (κ3) is 3.39. The number of nitrogens with zero attached hydrogens (tertiary/aromatic N) is 2. The first kappa shape index (κ1) is 15.0. The van der Waals surface area contributed by atoms with E-state index in [9.17, 15) is 14.9 Å². The van der Waals surface area contributed by atoms with E-state index in [0.29, 0.717) is 0 Å². The Kier molecular flexibility index (Phi) is 4.25. The third-order valence-corrected chi connectivity index (χ3v) is 2.82. The lowest BCUT2D eigenvalue weighted by Gasteiger charge is -2.08. The van der Waals surface area contributed by atoms with Crippen molar-refractivity contribution in [3.8, 4) is 11.6 Å². The summed E-state index contributed by atoms with van der Waals surface area (Å²) in [4.78, 5) is 25.0. The summed E-state index contributed by atoms with van der Waals surface area (Å²) in [7, 11) is 0. The van der Waals surface area contributed by atoms with E-state index in [1.165, 1.54) is 18.2 Å². The lowest BCUT2D eigenvalue weighted by atomic mass is 10.2. The van der Waals surface area contributed by atoms with Crippen molar-refractivity contribution >= 4 is 34.9 Å². The van der Waals surface area contributed by atoms with E-state index < -0.39 is 16.6 Å². The van der Waals surface area contributed by atoms with Gasteiger partial charge in [0.05, 0.1) is 16.1 Å². The number of benzene rings is 1. The van der Waals surface area contributed by atoms with Gasteiger partial charge in [0.25, 0.3) is 5.88 Å². The summed E-state index contributed by atoms with van der Waals surface area (Å²) in [5.74, 6) is -1.81. The molecule has 0 saturated carbocycles. The average Bonchev–Trinajstić information content (AvgIpc) is 2.40. The van der Waals surface area contributed by atoms with Crippen LogP contribution in [0.25, 0.3) is 0 Å². The molecule has 9 heteroatoms. The number of hydrogen-bond donors (Lipinski definition) is 1. The van der Waals surface area contributed by atoms with Gasteiger partial charge in [-0.05, 0) is 12.1 Å². The van der Waals surface area contributed by atoms with Crippen molar-refractivity contribution in [2.45, 2.75) is 0 Å². The van der Waals surface area contributed by atoms with E-state index in [0.717, 1.165) is 12.3 Å². The van der Waals surface area contributed by atoms with E-state index in [1.807, 2.05) is 0 Å². The molecule has 0 saturated heterocycles. The molecular weight excluding hydrogens is 323 g/mol. The van der Waals surface area contributed by atoms with E-state index in [4.69, 9.17) is 33.0 Å². The molecule has 2 aromatic rings. The van der Waals surface area contributed by atoms with Crippen LogP contribution < -0.4 is 4.74 Å². The molecule has 1 aromatic carbocycles. The van der Waals surface area contributed by atoms with Crippen molar-refractivity contribution < 1.29 is 19.6 Å². The number of halogens is 2. The van der Waals surface area contributed by atoms with Crippen LogP contribution >= 0.6 is 23.2 Å². The first-order valence-electron chi connectivity index (χ1n) is 5.39. The number of ether oxygens (including phenoxy) is 1. The van der Waals surface area contributed by atoms with Crippen LogP contribution in [0, 0.1) is 10.1 Å². The molecule has 0 atom stereocenters. The molecule has 0 fully saturated rings. The van der Waals surface area contributed by atoms with Gasteiger partial charge in [0.15, 0.2) is 0 Å². The second kappa shape index (κ2) is 5.94. The standard InChI is InChI=1S/C12H6Cl2N2O5/c13-6-1-2-8(12(17)18)10(4-6)21-11-9(16(19)20)3-7(14)5-15-11/h1-5H,(H,17,18). The van der Waals surface area contributed by atoms with Crippen molar-refractivity contribution in [2.75, 3.05) is 0 Å². The number of hydrogen-bond acceptors (Lipinski definition) is 5. The second-order valence-electron chi connectivity index (χ2n) is 3.78. The third-order valence-electron chi connectivity index (χ3n) is 2.38. The highest BCUT2D eigenvalue weighted by Crippen LogP contribution is 2.33. The number of nitro groups is 1. The van der Waals surface area contributed by atoms with Crippen LogP contribution in [0.3, 0.4) is 0 Å². The predicted molar refractivity (Wildman–Crippen MR) is 74.4 cm³/mol. The van der Waals surface area contributed by atoms with Crippen molar-refractivity contribution in [2.24, 2.45) is 0 Å². The molecule has 21 heavy (non-hydrogen) atoms. The highest BCUT2D eigenvalue weighted by atomic mass is 35.5. The highest BCUT2D eigenvalue weighted by Gasteiger charge is 2.21. The van der Waals surface area contributed by atoms with E-state index in [-0.39, 0.29) is 27.2 Å². The molecule has 1 heterocycles. The first-order valence-corrected chi connectivity index (χ1v) is 6.14. The molecule has 2 rings (SSSR count). The number of carboxylic acids is 1. The number of aromatic nitrogens is 1. The molecule has 0 radical (unpaired) electrons. The van der Waals surface area contributed by atoms with Gasteiger partial charge in [-0.25, -0.2) is 9.78 Å². The molecule has 0 amide bonds. The zero-order valence-corrected chi connectivity index (χ0v) is 11.6. The molecule has 7 nitrogen and oxygen atoms in total. The lowest BCUT2D eigenvalue weighted by Crippen LogP contribution is -2.02. The number of carboxylic acid groups (broad SMARTS) is 1. The molecule has 0 bridgehead atoms. The fourth-order valence-electron chi connectivity index (χ4n) is 1.49. The molecule has 1 aromatic heterocycles. The van der Waals surface area contributed by atoms with Gasteiger partial charge in [-0.1, -0.05) is 23.2 Å². The second-order valence-corrected chi connectivity index (χ2v) is 4.66. The topological polar surface area (TPSA) is 103 Å². The minimum Gasteiger partial charge on any atom is -0.478 e. The quantitative estimate of drug-likeness (QED) is 0.676. The van der Waals surface area contributed by atoms with Gasteiger partial charge in [0.1, 0.15) is 11.3 Å². The minimum atomic E-state index is -1.27. The normalized spacial score (nSPS) is 10.2. The fourth-order valence-corrected chi connectivity index (χ4v) is 1.80. The van der Waals surface area contributed by atoms with Gasteiger partial charge in [-0.15, -0.1) is 0 Å². The summed E-state index contributed by atoms with van der Waals surface area (Å²) in [6.45, 7) is 0. The number of rotatable bonds is 4. The van der Waals surface area contributed by atoms with Crippen molar-refractivity contribution in [1.82, 2.24) is 4.98 Å². The summed E-state index contributed by atoms with van der Waals surface area (Å²) >= 11 is 11.4. The Morgan fingerprint density at radius 1 is 1.29 bits per heavy atom. The highest BCUT2D eigenvalue weighted by molar-refractivity contribution is 6.31. The van der Waals surface area contributed by atoms with Crippen LogP contribution in [0.1, 0.15) is 10.4 Å². The number of aromatic carboxylic acids is 1. The van der Waals surface area contributed by atoms with Crippen LogP contribution in [-0.2, 0) is 0 Å². The Labute approximate surface area is 127 Å². The van der Waals surface area contributed by atoms with Gasteiger partial charge in [0.2, 0.25) is 0 Å². The molecule has 0 spiro atoms. The summed E-state index contributed by atoms with van der Waals surface area (Å²) in [5, 5.41) is 20.3. The lowest BCUT2D eigenvalue weighted by molar-refractivity contribution is -0.386. The Hall–Kier alpha value is -2.38. The van der Waals surface area contributed by atoms with Crippen molar-refractivity contribution in [1.29, 1.82) is 0 Å². The predicted octanol–water partition coefficient (Wildman–Crippen LogP) is 3.79. The van der Waals surface area contributed by atoms with E-state index >= 15 is 0 Å². The van der Waals surface area contributed by atoms with Gasteiger partial charge >= 0.3 is 11.7 Å². The Morgan fingerprint density at radius 3 is 2.62 bits per heavy atom. The molecule has 0 unspecified atom stereocenters. The molecule has 0 aliphatic heterocycles. The fraction of sp³-hybridized carbons (Fsp3) is 0. The maximum atomic E-state index is 11.1. The average molecular weight is 329 g/mol. The summed E-state index contributed by atoms with van der Waals surface area (Å²) < 4.78 is 5.22. The largest absolute Gasteiger partial charge is 0.478 e. The number of carbonyl (C=O) groups is 1. The van der Waals surface area contributed by atoms with Gasteiger partial charge < -0.3 is 9.84 Å². The van der Waals surface area contributed by atoms with Crippen LogP contribution in [0.4, 0.5) is 5.69 Å². The molecule has 0 aliphatic carbocycles. The first-order chi connectivity index (χ1) is 9.88. The smallest absolute Gasteiger partial charge is 0.339 e. The molecule has 0 aliphatic rings. The SMILES string of the molecule is O=C(O)c1ccc(Cl)cc1Oc1ncc(Cl)cc1[N+](=O)[O-].